The van der Waals surface area contributed by atoms with E-state index in [1.165, 1.54) is 17.2 Å². The zero-order chi connectivity index (χ0) is 17.8. The van der Waals surface area contributed by atoms with Gasteiger partial charge in [-0.25, -0.2) is 4.98 Å². The van der Waals surface area contributed by atoms with Crippen LogP contribution in [0.4, 0.5) is 0 Å². The van der Waals surface area contributed by atoms with Crippen molar-refractivity contribution in [2.45, 2.75) is 26.3 Å². The van der Waals surface area contributed by atoms with Gasteiger partial charge in [0.2, 0.25) is 5.88 Å². The molecule has 0 aliphatic carbocycles. The number of fused-ring (bicyclic) bond motifs is 1. The number of carbonyl (C=O) groups is 1. The maximum absolute atomic E-state index is 12.3. The summed E-state index contributed by atoms with van der Waals surface area (Å²) >= 11 is 0. The maximum atomic E-state index is 12.3. The third kappa shape index (κ3) is 4.08. The first-order valence-corrected chi connectivity index (χ1v) is 7.96. The fourth-order valence-corrected chi connectivity index (χ4v) is 2.48. The molecule has 0 saturated heterocycles. The highest BCUT2D eigenvalue weighted by atomic mass is 16.5. The van der Waals surface area contributed by atoms with E-state index in [1.54, 1.807) is 23.9 Å². The minimum atomic E-state index is -0.251. The lowest BCUT2D eigenvalue weighted by Crippen LogP contribution is -2.34. The van der Waals surface area contributed by atoms with Gasteiger partial charge in [0.05, 0.1) is 6.04 Å². The van der Waals surface area contributed by atoms with Gasteiger partial charge in [-0.3, -0.25) is 9.48 Å². The zero-order valence-corrected chi connectivity index (χ0v) is 14.3. The first-order valence-electron chi connectivity index (χ1n) is 7.96. The third-order valence-electron chi connectivity index (χ3n) is 3.59. The lowest BCUT2D eigenvalue weighted by atomic mass is 10.0. The van der Waals surface area contributed by atoms with Gasteiger partial charge in [-0.1, -0.05) is 13.8 Å². The summed E-state index contributed by atoms with van der Waals surface area (Å²) in [5.41, 5.74) is 0.607. The summed E-state index contributed by atoms with van der Waals surface area (Å²) in [6.45, 7) is 4.03. The molecule has 132 valence electrons. The highest BCUT2D eigenvalue weighted by Gasteiger charge is 2.20. The number of hydrogen-bond acceptors (Lipinski definition) is 7. The third-order valence-corrected chi connectivity index (χ3v) is 3.59. The number of aryl methyl sites for hydroxylation is 1. The van der Waals surface area contributed by atoms with Crippen molar-refractivity contribution >= 4 is 11.6 Å². The zero-order valence-electron chi connectivity index (χ0n) is 14.3. The van der Waals surface area contributed by atoms with Gasteiger partial charge in [-0.2, -0.15) is 9.61 Å². The van der Waals surface area contributed by atoms with Crippen molar-refractivity contribution < 1.29 is 9.53 Å². The van der Waals surface area contributed by atoms with E-state index in [1.807, 2.05) is 0 Å². The monoisotopic (exact) mass is 344 g/mol. The number of hydrogen-bond donors (Lipinski definition) is 1. The number of ether oxygens (including phenoxy) is 1. The molecular formula is C15H20N8O2. The number of amides is 1. The lowest BCUT2D eigenvalue weighted by Gasteiger charge is -2.19. The Balaban J connectivity index is 1.62. The average Bonchev–Trinajstić information content (AvgIpc) is 3.19. The summed E-state index contributed by atoms with van der Waals surface area (Å²) in [6.07, 6.45) is 3.70. The first kappa shape index (κ1) is 16.8. The van der Waals surface area contributed by atoms with Gasteiger partial charge in [-0.15, -0.1) is 15.3 Å². The number of nitrogens with one attached hydrogen (secondary N) is 1. The van der Waals surface area contributed by atoms with Crippen molar-refractivity contribution in [1.82, 2.24) is 39.9 Å². The fraction of sp³-hybridized carbons (Fsp3) is 0.467. The molecule has 0 spiro atoms. The van der Waals surface area contributed by atoms with E-state index < -0.39 is 0 Å². The Bertz CT molecular complexity index is 856. The van der Waals surface area contributed by atoms with Crippen LogP contribution < -0.4 is 10.1 Å². The van der Waals surface area contributed by atoms with Crippen LogP contribution in [0.5, 0.6) is 5.88 Å². The van der Waals surface area contributed by atoms with Crippen LogP contribution in [0.25, 0.3) is 5.65 Å². The lowest BCUT2D eigenvalue weighted by molar-refractivity contribution is -0.124. The molecule has 0 unspecified atom stereocenters. The molecular weight excluding hydrogens is 324 g/mol. The van der Waals surface area contributed by atoms with Crippen molar-refractivity contribution in [2.75, 3.05) is 6.61 Å². The van der Waals surface area contributed by atoms with Crippen LogP contribution >= 0.6 is 0 Å². The highest BCUT2D eigenvalue weighted by Crippen LogP contribution is 2.18. The second-order valence-electron chi connectivity index (χ2n) is 6.09. The normalized spacial score (nSPS) is 12.5. The minimum absolute atomic E-state index is 0.146. The standard InChI is InChI=1S/C15H20N8O2/c1-10(2)6-11(15-16-8-18-22(15)3)19-13(24)7-25-14-5-4-12-20-17-9-23(12)21-14/h4-5,8-11H,6-7H2,1-3H3,(H,19,24)/t11-/m0/s1. The van der Waals surface area contributed by atoms with Crippen molar-refractivity contribution in [1.29, 1.82) is 0 Å². The van der Waals surface area contributed by atoms with Crippen LogP contribution in [0.1, 0.15) is 32.1 Å². The van der Waals surface area contributed by atoms with Crippen molar-refractivity contribution in [3.8, 4) is 5.88 Å². The number of aromatic nitrogens is 7. The Hall–Kier alpha value is -3.04. The smallest absolute Gasteiger partial charge is 0.258 e. The molecule has 0 bridgehead atoms. The van der Waals surface area contributed by atoms with Crippen molar-refractivity contribution in [3.05, 3.63) is 30.6 Å². The van der Waals surface area contributed by atoms with Gasteiger partial charge in [0.25, 0.3) is 5.91 Å². The van der Waals surface area contributed by atoms with Gasteiger partial charge >= 0.3 is 0 Å². The molecule has 0 aliphatic heterocycles. The molecule has 0 aliphatic rings. The molecule has 10 heteroatoms. The average molecular weight is 344 g/mol. The van der Waals surface area contributed by atoms with Crippen LogP contribution in [-0.2, 0) is 11.8 Å². The Kier molecular flexibility index (Phi) is 4.87. The quantitative estimate of drug-likeness (QED) is 0.665. The van der Waals surface area contributed by atoms with Crippen molar-refractivity contribution in [3.63, 3.8) is 0 Å². The molecule has 3 heterocycles. The van der Waals surface area contributed by atoms with Crippen molar-refractivity contribution in [2.24, 2.45) is 13.0 Å². The molecule has 3 aromatic rings. The van der Waals surface area contributed by atoms with Crippen LogP contribution in [0.2, 0.25) is 0 Å². The molecule has 0 fully saturated rings. The largest absolute Gasteiger partial charge is 0.467 e. The first-order chi connectivity index (χ1) is 12.0. The van der Waals surface area contributed by atoms with E-state index in [9.17, 15) is 4.79 Å². The van der Waals surface area contributed by atoms with E-state index >= 15 is 0 Å². The van der Waals surface area contributed by atoms with Crippen LogP contribution in [0, 0.1) is 5.92 Å². The molecule has 1 atom stereocenters. The molecule has 3 aromatic heterocycles. The topological polar surface area (TPSA) is 112 Å². The van der Waals surface area contributed by atoms with E-state index in [2.05, 4.69) is 44.5 Å². The van der Waals surface area contributed by atoms with Crippen LogP contribution in [-0.4, -0.2) is 47.1 Å². The Morgan fingerprint density at radius 2 is 2.20 bits per heavy atom. The summed E-state index contributed by atoms with van der Waals surface area (Å²) < 4.78 is 8.60. The van der Waals surface area contributed by atoms with E-state index in [0.29, 0.717) is 23.3 Å². The van der Waals surface area contributed by atoms with Gasteiger partial charge < -0.3 is 10.1 Å². The van der Waals surface area contributed by atoms with Crippen LogP contribution in [0.3, 0.4) is 0 Å². The molecule has 1 amide bonds. The summed E-state index contributed by atoms with van der Waals surface area (Å²) in [6, 6.07) is 3.14. The minimum Gasteiger partial charge on any atom is -0.467 e. The number of carbonyl (C=O) groups excluding carboxylic acids is 1. The Morgan fingerprint density at radius 3 is 2.92 bits per heavy atom. The number of nitrogens with zero attached hydrogens (tertiary/aromatic N) is 7. The van der Waals surface area contributed by atoms with Gasteiger partial charge in [0, 0.05) is 13.1 Å². The van der Waals surface area contributed by atoms with Gasteiger partial charge in [-0.05, 0) is 18.4 Å². The maximum Gasteiger partial charge on any atom is 0.258 e. The second kappa shape index (κ2) is 7.24. The summed E-state index contributed by atoms with van der Waals surface area (Å²) in [5, 5.41) is 18.8. The van der Waals surface area contributed by atoms with Crippen LogP contribution in [0.15, 0.2) is 24.8 Å². The highest BCUT2D eigenvalue weighted by molar-refractivity contribution is 5.77. The number of rotatable bonds is 7. The molecule has 1 N–H and O–H groups in total. The summed E-state index contributed by atoms with van der Waals surface area (Å²) in [5.74, 6) is 1.17. The predicted molar refractivity (Wildman–Crippen MR) is 87.6 cm³/mol. The molecule has 0 saturated carbocycles. The van der Waals surface area contributed by atoms with Gasteiger partial charge in [0.15, 0.2) is 12.3 Å². The van der Waals surface area contributed by atoms with Gasteiger partial charge in [0.1, 0.15) is 18.5 Å². The molecule has 0 radical (unpaired) electrons. The second-order valence-corrected chi connectivity index (χ2v) is 6.09. The molecule has 10 nitrogen and oxygen atoms in total. The molecule has 0 aromatic carbocycles. The van der Waals surface area contributed by atoms with E-state index in [0.717, 1.165) is 6.42 Å². The summed E-state index contributed by atoms with van der Waals surface area (Å²) in [7, 11) is 1.80. The SMILES string of the molecule is CC(C)C[C@H](NC(=O)COc1ccc2nncn2n1)c1ncnn1C. The predicted octanol–water partition coefficient (Wildman–Crippen LogP) is 0.535. The van der Waals surface area contributed by atoms with E-state index in [-0.39, 0.29) is 18.6 Å². The fourth-order valence-electron chi connectivity index (χ4n) is 2.48. The summed E-state index contributed by atoms with van der Waals surface area (Å²) in [4.78, 5) is 16.5. The Morgan fingerprint density at radius 1 is 1.36 bits per heavy atom. The van der Waals surface area contributed by atoms with E-state index in [4.69, 9.17) is 4.74 Å². The Labute approximate surface area is 144 Å². The molecule has 3 rings (SSSR count). The molecule has 25 heavy (non-hydrogen) atoms.